The van der Waals surface area contributed by atoms with Gasteiger partial charge in [0.25, 0.3) is 0 Å². The molecule has 2 bridgehead atoms. The maximum absolute atomic E-state index is 11.6. The number of rotatable bonds is 3. The minimum absolute atomic E-state index is 0.187. The van der Waals surface area contributed by atoms with Crippen LogP contribution in [0.3, 0.4) is 0 Å². The molecule has 0 aromatic heterocycles. The molecule has 2 aliphatic carbocycles. The van der Waals surface area contributed by atoms with Crippen LogP contribution in [0.4, 0.5) is 0 Å². The van der Waals surface area contributed by atoms with E-state index in [2.05, 4.69) is 13.5 Å². The number of hydrogen-bond acceptors (Lipinski definition) is 3. The highest BCUT2D eigenvalue weighted by Gasteiger charge is 2.56. The van der Waals surface area contributed by atoms with E-state index in [9.17, 15) is 9.90 Å². The van der Waals surface area contributed by atoms with Gasteiger partial charge in [0.2, 0.25) is 0 Å². The molecule has 3 nitrogen and oxygen atoms in total. The first-order valence-corrected chi connectivity index (χ1v) is 6.05. The van der Waals surface area contributed by atoms with E-state index in [1.807, 2.05) is 0 Å². The Balaban J connectivity index is 2.11. The van der Waals surface area contributed by atoms with Gasteiger partial charge in [-0.2, -0.15) is 0 Å². The number of carbonyl (C=O) groups excluding carboxylic acids is 1. The van der Waals surface area contributed by atoms with Gasteiger partial charge in [0.05, 0.1) is 6.10 Å². The lowest BCUT2D eigenvalue weighted by molar-refractivity contribution is -0.163. The lowest BCUT2D eigenvalue weighted by atomic mass is 9.81. The summed E-state index contributed by atoms with van der Waals surface area (Å²) in [6.07, 6.45) is 3.24. The summed E-state index contributed by atoms with van der Waals surface area (Å²) in [7, 11) is 0. The molecule has 3 heteroatoms. The summed E-state index contributed by atoms with van der Waals surface area (Å²) in [5.74, 6) is 0.368. The van der Waals surface area contributed by atoms with Crippen LogP contribution in [0.2, 0.25) is 0 Å². The number of ether oxygens (including phenoxy) is 1. The maximum Gasteiger partial charge on any atom is 0.333 e. The van der Waals surface area contributed by atoms with Gasteiger partial charge in [0, 0.05) is 11.5 Å². The summed E-state index contributed by atoms with van der Waals surface area (Å²) < 4.78 is 5.64. The van der Waals surface area contributed by atoms with Gasteiger partial charge in [-0.05, 0) is 38.5 Å². The molecule has 0 amide bonds. The first-order valence-electron chi connectivity index (χ1n) is 6.05. The first-order chi connectivity index (χ1) is 7.48. The second-order valence-corrected chi connectivity index (χ2v) is 5.29. The molecule has 0 aromatic rings. The summed E-state index contributed by atoms with van der Waals surface area (Å²) >= 11 is 0. The normalized spacial score (nSPS) is 41.1. The number of aliphatic hydroxyl groups excluding tert-OH is 1. The van der Waals surface area contributed by atoms with Gasteiger partial charge in [0.1, 0.15) is 5.60 Å². The Kier molecular flexibility index (Phi) is 2.82. The Labute approximate surface area is 96.5 Å². The van der Waals surface area contributed by atoms with E-state index in [1.54, 1.807) is 6.92 Å². The molecule has 1 N–H and O–H groups in total. The first kappa shape index (κ1) is 11.6. The van der Waals surface area contributed by atoms with Crippen LogP contribution in [-0.4, -0.2) is 22.8 Å². The van der Waals surface area contributed by atoms with Crippen molar-refractivity contribution in [3.8, 4) is 0 Å². The number of aliphatic hydroxyl groups is 1. The van der Waals surface area contributed by atoms with Crippen LogP contribution in [0.15, 0.2) is 12.2 Å². The van der Waals surface area contributed by atoms with Crippen LogP contribution in [0.1, 0.15) is 39.5 Å². The van der Waals surface area contributed by atoms with Crippen molar-refractivity contribution in [3.63, 3.8) is 0 Å². The van der Waals surface area contributed by atoms with E-state index in [4.69, 9.17) is 4.74 Å². The third kappa shape index (κ3) is 1.67. The molecule has 0 saturated heterocycles. The molecule has 0 spiro atoms. The highest BCUT2D eigenvalue weighted by molar-refractivity contribution is 5.87. The zero-order valence-electron chi connectivity index (χ0n) is 10.0. The zero-order chi connectivity index (χ0) is 11.9. The zero-order valence-corrected chi connectivity index (χ0v) is 10.0. The molecule has 0 aromatic carbocycles. The topological polar surface area (TPSA) is 46.5 Å². The van der Waals surface area contributed by atoms with E-state index in [1.165, 1.54) is 0 Å². The molecular formula is C13H20O3. The number of esters is 1. The van der Waals surface area contributed by atoms with Gasteiger partial charge in [-0.25, -0.2) is 4.79 Å². The summed E-state index contributed by atoms with van der Waals surface area (Å²) in [6, 6.07) is 0. The summed E-state index contributed by atoms with van der Waals surface area (Å²) in [5, 5.41) is 9.73. The standard InChI is InChI=1S/C13H20O3/c1-4-13(16-12(15)8(2)3)7-9-5-10(13)6-11(9)14/h9-11,14H,2,4-7H2,1,3H3. The Hall–Kier alpha value is -0.830. The molecular weight excluding hydrogens is 204 g/mol. The van der Waals surface area contributed by atoms with Crippen molar-refractivity contribution >= 4 is 5.97 Å². The predicted octanol–water partition coefficient (Wildman–Crippen LogP) is 2.05. The van der Waals surface area contributed by atoms with Gasteiger partial charge in [-0.15, -0.1) is 0 Å². The van der Waals surface area contributed by atoms with Crippen molar-refractivity contribution in [2.24, 2.45) is 11.8 Å². The molecule has 16 heavy (non-hydrogen) atoms. The number of fused-ring (bicyclic) bond motifs is 2. The monoisotopic (exact) mass is 224 g/mol. The van der Waals surface area contributed by atoms with Gasteiger partial charge >= 0.3 is 5.97 Å². The van der Waals surface area contributed by atoms with Gasteiger partial charge in [0.15, 0.2) is 0 Å². The quantitative estimate of drug-likeness (QED) is 0.589. The van der Waals surface area contributed by atoms with Crippen LogP contribution in [0, 0.1) is 11.8 Å². The fourth-order valence-corrected chi connectivity index (χ4v) is 3.26. The molecule has 2 fully saturated rings. The summed E-state index contributed by atoms with van der Waals surface area (Å²) in [5.41, 5.74) is 0.121. The minimum atomic E-state index is -0.333. The largest absolute Gasteiger partial charge is 0.455 e. The van der Waals surface area contributed by atoms with E-state index in [-0.39, 0.29) is 17.7 Å². The van der Waals surface area contributed by atoms with E-state index in [0.29, 0.717) is 17.4 Å². The van der Waals surface area contributed by atoms with Crippen LogP contribution < -0.4 is 0 Å². The van der Waals surface area contributed by atoms with Crippen LogP contribution in [0.25, 0.3) is 0 Å². The Bertz CT molecular complexity index is 321. The third-order valence-electron chi connectivity index (χ3n) is 4.25. The lowest BCUT2D eigenvalue weighted by Gasteiger charge is -2.37. The van der Waals surface area contributed by atoms with Gasteiger partial charge < -0.3 is 9.84 Å². The summed E-state index contributed by atoms with van der Waals surface area (Å²) in [6.45, 7) is 7.34. The predicted molar refractivity (Wildman–Crippen MR) is 60.8 cm³/mol. The van der Waals surface area contributed by atoms with Crippen molar-refractivity contribution in [2.75, 3.05) is 0 Å². The Morgan fingerprint density at radius 3 is 2.62 bits per heavy atom. The second-order valence-electron chi connectivity index (χ2n) is 5.29. The average molecular weight is 224 g/mol. The van der Waals surface area contributed by atoms with E-state index >= 15 is 0 Å². The maximum atomic E-state index is 11.6. The van der Waals surface area contributed by atoms with Crippen LogP contribution in [0.5, 0.6) is 0 Å². The molecule has 2 saturated carbocycles. The van der Waals surface area contributed by atoms with Gasteiger partial charge in [-0.3, -0.25) is 0 Å². The number of hydrogen-bond donors (Lipinski definition) is 1. The highest BCUT2D eigenvalue weighted by atomic mass is 16.6. The molecule has 0 heterocycles. The minimum Gasteiger partial charge on any atom is -0.455 e. The average Bonchev–Trinajstić information content (AvgIpc) is 2.74. The highest BCUT2D eigenvalue weighted by Crippen LogP contribution is 2.54. The van der Waals surface area contributed by atoms with Crippen molar-refractivity contribution in [2.45, 2.75) is 51.2 Å². The van der Waals surface area contributed by atoms with Crippen molar-refractivity contribution < 1.29 is 14.6 Å². The summed E-state index contributed by atoms with van der Waals surface area (Å²) in [4.78, 5) is 11.6. The van der Waals surface area contributed by atoms with Crippen molar-refractivity contribution in [1.82, 2.24) is 0 Å². The molecule has 90 valence electrons. The smallest absolute Gasteiger partial charge is 0.333 e. The van der Waals surface area contributed by atoms with Crippen molar-refractivity contribution in [3.05, 3.63) is 12.2 Å². The third-order valence-corrected chi connectivity index (χ3v) is 4.25. The van der Waals surface area contributed by atoms with Crippen LogP contribution in [-0.2, 0) is 9.53 Å². The van der Waals surface area contributed by atoms with Gasteiger partial charge in [-0.1, -0.05) is 13.5 Å². The van der Waals surface area contributed by atoms with E-state index in [0.717, 1.165) is 25.7 Å². The van der Waals surface area contributed by atoms with Crippen molar-refractivity contribution in [1.29, 1.82) is 0 Å². The molecule has 2 rings (SSSR count). The SMILES string of the molecule is C=C(C)C(=O)OC1(CC)CC2CC1CC2O. The van der Waals surface area contributed by atoms with Crippen LogP contribution >= 0.6 is 0 Å². The molecule has 4 atom stereocenters. The fourth-order valence-electron chi connectivity index (χ4n) is 3.26. The molecule has 0 aliphatic heterocycles. The fraction of sp³-hybridized carbons (Fsp3) is 0.769. The van der Waals surface area contributed by atoms with E-state index < -0.39 is 0 Å². The molecule has 4 unspecified atom stereocenters. The Morgan fingerprint density at radius 1 is 1.56 bits per heavy atom. The second kappa shape index (κ2) is 3.88. The Morgan fingerprint density at radius 2 is 2.25 bits per heavy atom. The lowest BCUT2D eigenvalue weighted by Crippen LogP contribution is -2.42. The molecule has 2 aliphatic rings. The molecule has 0 radical (unpaired) electrons. The number of carbonyl (C=O) groups is 1.